The van der Waals surface area contributed by atoms with Crippen LogP contribution in [0.3, 0.4) is 0 Å². The molecule has 88 valence electrons. The first-order valence-corrected chi connectivity index (χ1v) is 5.42. The molecule has 1 aromatic rings. The maximum Gasteiger partial charge on any atom is 0.107 e. The molecule has 0 spiro atoms. The van der Waals surface area contributed by atoms with Crippen molar-refractivity contribution in [2.45, 2.75) is 19.4 Å². The molecular weight excluding hydrogens is 214 g/mol. The molecule has 0 bridgehead atoms. The molecule has 0 N–H and O–H groups in total. The van der Waals surface area contributed by atoms with Gasteiger partial charge in [0.15, 0.2) is 0 Å². The Morgan fingerprint density at radius 1 is 1.41 bits per heavy atom. The van der Waals surface area contributed by atoms with Crippen molar-refractivity contribution in [3.05, 3.63) is 46.3 Å². The third kappa shape index (κ3) is 5.62. The monoisotopic (exact) mass is 229 g/mol. The van der Waals surface area contributed by atoms with E-state index in [1.807, 2.05) is 30.3 Å². The van der Waals surface area contributed by atoms with Crippen LogP contribution in [0.25, 0.3) is 10.4 Å². The van der Waals surface area contributed by atoms with Crippen LogP contribution in [-0.2, 0) is 11.2 Å². The molecule has 0 saturated carbocycles. The predicted molar refractivity (Wildman–Crippen MR) is 67.3 cm³/mol. The highest BCUT2D eigenvalue weighted by Gasteiger charge is 2.07. The molecule has 0 fully saturated rings. The maximum atomic E-state index is 8.49. The van der Waals surface area contributed by atoms with Gasteiger partial charge in [-0.15, -0.1) is 5.92 Å². The molecule has 0 aliphatic rings. The van der Waals surface area contributed by atoms with Crippen LogP contribution in [0.2, 0.25) is 0 Å². The van der Waals surface area contributed by atoms with Crippen molar-refractivity contribution < 1.29 is 4.74 Å². The lowest BCUT2D eigenvalue weighted by Crippen LogP contribution is -2.16. The molecule has 17 heavy (non-hydrogen) atoms. The Bertz CT molecular complexity index is 427. The molecular formula is C13H15N3O. The molecule has 0 aromatic heterocycles. The van der Waals surface area contributed by atoms with Crippen molar-refractivity contribution in [2.24, 2.45) is 5.11 Å². The van der Waals surface area contributed by atoms with Crippen LogP contribution in [0.1, 0.15) is 12.5 Å². The van der Waals surface area contributed by atoms with E-state index in [1.165, 1.54) is 0 Å². The van der Waals surface area contributed by atoms with Crippen molar-refractivity contribution in [3.63, 3.8) is 0 Å². The van der Waals surface area contributed by atoms with E-state index in [9.17, 15) is 0 Å². The first-order valence-electron chi connectivity index (χ1n) is 5.42. The van der Waals surface area contributed by atoms with Gasteiger partial charge in [-0.25, -0.2) is 0 Å². The average Bonchev–Trinajstić information content (AvgIpc) is 2.36. The minimum absolute atomic E-state index is 0.180. The highest BCUT2D eigenvalue weighted by atomic mass is 16.5. The van der Waals surface area contributed by atoms with Crippen molar-refractivity contribution >= 4 is 0 Å². The molecule has 0 unspecified atom stereocenters. The van der Waals surface area contributed by atoms with Gasteiger partial charge in [0.2, 0.25) is 0 Å². The predicted octanol–water partition coefficient (Wildman–Crippen LogP) is 2.95. The van der Waals surface area contributed by atoms with Gasteiger partial charge < -0.3 is 4.74 Å². The second kappa shape index (κ2) is 8.23. The summed E-state index contributed by atoms with van der Waals surface area (Å²) in [5, 5.41) is 3.72. The smallest absolute Gasteiger partial charge is 0.107 e. The standard InChI is InChI=1S/C13H15N3O/c1-2-3-9-17-11-13(15-16-14)10-12-7-5-4-6-8-12/h4-8,13H,9-11H2,1H3/t13-/m0/s1. The van der Waals surface area contributed by atoms with Gasteiger partial charge in [0.1, 0.15) is 6.61 Å². The minimum Gasteiger partial charge on any atom is -0.368 e. The molecule has 0 amide bonds. The first-order chi connectivity index (χ1) is 8.36. The summed E-state index contributed by atoms with van der Waals surface area (Å²) in [7, 11) is 0. The Balaban J connectivity index is 2.48. The number of benzene rings is 1. The van der Waals surface area contributed by atoms with Gasteiger partial charge in [-0.3, -0.25) is 0 Å². The van der Waals surface area contributed by atoms with Crippen LogP contribution in [-0.4, -0.2) is 19.3 Å². The molecule has 4 nitrogen and oxygen atoms in total. The van der Waals surface area contributed by atoms with Crippen molar-refractivity contribution in [3.8, 4) is 11.8 Å². The normalized spacial score (nSPS) is 10.9. The summed E-state index contributed by atoms with van der Waals surface area (Å²) >= 11 is 0. The van der Waals surface area contributed by atoms with Gasteiger partial charge in [0, 0.05) is 4.91 Å². The number of rotatable bonds is 6. The van der Waals surface area contributed by atoms with Gasteiger partial charge in [-0.1, -0.05) is 41.4 Å². The summed E-state index contributed by atoms with van der Waals surface area (Å²) in [5.41, 5.74) is 9.63. The number of azide groups is 1. The topological polar surface area (TPSA) is 58.0 Å². The molecule has 0 aliphatic heterocycles. The quantitative estimate of drug-likeness (QED) is 0.243. The Morgan fingerprint density at radius 3 is 2.82 bits per heavy atom. The van der Waals surface area contributed by atoms with Crippen LogP contribution in [0, 0.1) is 11.8 Å². The average molecular weight is 229 g/mol. The van der Waals surface area contributed by atoms with Gasteiger partial charge >= 0.3 is 0 Å². The molecule has 1 rings (SSSR count). The van der Waals surface area contributed by atoms with E-state index >= 15 is 0 Å². The van der Waals surface area contributed by atoms with Crippen LogP contribution in [0.15, 0.2) is 35.4 Å². The van der Waals surface area contributed by atoms with Gasteiger partial charge in [-0.05, 0) is 24.4 Å². The zero-order valence-corrected chi connectivity index (χ0v) is 9.84. The second-order valence-electron chi connectivity index (χ2n) is 3.49. The van der Waals surface area contributed by atoms with Crippen molar-refractivity contribution in [1.82, 2.24) is 0 Å². The number of ether oxygens (including phenoxy) is 1. The van der Waals surface area contributed by atoms with Crippen LogP contribution < -0.4 is 0 Å². The van der Waals surface area contributed by atoms with E-state index in [1.54, 1.807) is 6.92 Å². The maximum absolute atomic E-state index is 8.49. The summed E-state index contributed by atoms with van der Waals surface area (Å²) in [5.74, 6) is 5.55. The van der Waals surface area contributed by atoms with E-state index in [0.717, 1.165) is 5.56 Å². The largest absolute Gasteiger partial charge is 0.368 e. The lowest BCUT2D eigenvalue weighted by Gasteiger charge is -2.10. The minimum atomic E-state index is -0.180. The van der Waals surface area contributed by atoms with Crippen LogP contribution in [0.4, 0.5) is 0 Å². The van der Waals surface area contributed by atoms with E-state index in [-0.39, 0.29) is 6.04 Å². The lowest BCUT2D eigenvalue weighted by molar-refractivity contribution is 0.151. The Labute approximate surface area is 101 Å². The van der Waals surface area contributed by atoms with Gasteiger partial charge in [0.05, 0.1) is 12.6 Å². The fourth-order valence-electron chi connectivity index (χ4n) is 1.41. The number of nitrogens with zero attached hydrogens (tertiary/aromatic N) is 3. The fourth-order valence-corrected chi connectivity index (χ4v) is 1.41. The summed E-state index contributed by atoms with van der Waals surface area (Å²) < 4.78 is 5.32. The molecule has 1 atom stereocenters. The summed E-state index contributed by atoms with van der Waals surface area (Å²) in [6, 6.07) is 9.72. The van der Waals surface area contributed by atoms with Crippen LogP contribution >= 0.6 is 0 Å². The fraction of sp³-hybridized carbons (Fsp3) is 0.385. The van der Waals surface area contributed by atoms with Crippen molar-refractivity contribution in [1.29, 1.82) is 0 Å². The summed E-state index contributed by atoms with van der Waals surface area (Å²) in [6.45, 7) is 2.54. The Hall–Kier alpha value is -1.95. The van der Waals surface area contributed by atoms with E-state index < -0.39 is 0 Å². The van der Waals surface area contributed by atoms with E-state index in [4.69, 9.17) is 10.3 Å². The molecule has 0 radical (unpaired) electrons. The summed E-state index contributed by atoms with van der Waals surface area (Å²) in [6.07, 6.45) is 0.685. The zero-order chi connectivity index (χ0) is 12.3. The third-order valence-electron chi connectivity index (χ3n) is 2.19. The Kier molecular flexibility index (Phi) is 6.35. The third-order valence-corrected chi connectivity index (χ3v) is 2.19. The lowest BCUT2D eigenvalue weighted by atomic mass is 10.1. The number of hydrogen-bond donors (Lipinski definition) is 0. The van der Waals surface area contributed by atoms with Gasteiger partial charge in [0.25, 0.3) is 0 Å². The highest BCUT2D eigenvalue weighted by molar-refractivity contribution is 5.15. The SMILES string of the molecule is CC#CCOC[C@H](Cc1ccccc1)N=[N+]=[N-]. The zero-order valence-electron chi connectivity index (χ0n) is 9.84. The van der Waals surface area contributed by atoms with Gasteiger partial charge in [-0.2, -0.15) is 0 Å². The molecule has 0 heterocycles. The molecule has 4 heteroatoms. The second-order valence-corrected chi connectivity index (χ2v) is 3.49. The molecule has 0 saturated heterocycles. The molecule has 0 aliphatic carbocycles. The van der Waals surface area contributed by atoms with Crippen molar-refractivity contribution in [2.75, 3.05) is 13.2 Å². The Morgan fingerprint density at radius 2 is 2.18 bits per heavy atom. The first kappa shape index (κ1) is 13.1. The number of hydrogen-bond acceptors (Lipinski definition) is 2. The summed E-state index contributed by atoms with van der Waals surface area (Å²) in [4.78, 5) is 2.84. The highest BCUT2D eigenvalue weighted by Crippen LogP contribution is 2.06. The molecule has 1 aromatic carbocycles. The van der Waals surface area contributed by atoms with E-state index in [0.29, 0.717) is 19.6 Å². The van der Waals surface area contributed by atoms with E-state index in [2.05, 4.69) is 21.9 Å². The van der Waals surface area contributed by atoms with Crippen LogP contribution in [0.5, 0.6) is 0 Å².